The highest BCUT2D eigenvalue weighted by Crippen LogP contribution is 2.61. The summed E-state index contributed by atoms with van der Waals surface area (Å²) in [6.45, 7) is 5.19. The number of para-hydroxylation sites is 1. The van der Waals surface area contributed by atoms with Gasteiger partial charge in [0.1, 0.15) is 11.4 Å². The predicted molar refractivity (Wildman–Crippen MR) is 114 cm³/mol. The summed E-state index contributed by atoms with van der Waals surface area (Å²) < 4.78 is 70.5. The maximum atomic E-state index is 14.6. The summed E-state index contributed by atoms with van der Waals surface area (Å²) in [5.41, 5.74) is -1.10. The van der Waals surface area contributed by atoms with Crippen LogP contribution in [0.4, 0.5) is 27.6 Å². The SMILES string of the molecule is C=CC1=CC[C@@]2(Cl)C(=O)N(c3c(F)c(F)c(F)c(F)c3F)C(=O)[C@@]2(Cl)[C@H]1c1cccc(C)c1O. The average molecular weight is 518 g/mol. The van der Waals surface area contributed by atoms with Gasteiger partial charge in [0.2, 0.25) is 5.82 Å². The van der Waals surface area contributed by atoms with Crippen LogP contribution in [0.5, 0.6) is 5.75 Å². The zero-order chi connectivity index (χ0) is 25.3. The first-order valence-corrected chi connectivity index (χ1v) is 10.5. The number of rotatable bonds is 3. The van der Waals surface area contributed by atoms with Crippen molar-refractivity contribution in [1.29, 1.82) is 0 Å². The minimum Gasteiger partial charge on any atom is -0.507 e. The van der Waals surface area contributed by atoms with Crippen LogP contribution in [0.1, 0.15) is 23.5 Å². The third-order valence-electron chi connectivity index (χ3n) is 6.21. The molecule has 1 N–H and O–H groups in total. The number of anilines is 1. The van der Waals surface area contributed by atoms with Crippen molar-refractivity contribution in [1.82, 2.24) is 0 Å². The molecule has 0 saturated carbocycles. The molecule has 1 aliphatic carbocycles. The zero-order valence-electron chi connectivity index (χ0n) is 17.2. The standard InChI is InChI=1S/C23H14Cl2F5NO3/c1-3-10-7-8-22(24)20(33)31(18-16(29)14(27)13(26)15(28)17(18)30)21(34)23(22,25)12(10)11-6-4-5-9(2)19(11)32/h3-7,12,32H,1,8H2,2H3/t12-,22-,23+/m1/s1. The number of hydrogen-bond acceptors (Lipinski definition) is 3. The van der Waals surface area contributed by atoms with Crippen LogP contribution in [0.15, 0.2) is 42.5 Å². The molecule has 2 aliphatic rings. The normalized spacial score (nSPS) is 26.5. The lowest BCUT2D eigenvalue weighted by Crippen LogP contribution is -2.54. The van der Waals surface area contributed by atoms with E-state index in [0.717, 1.165) is 0 Å². The molecule has 1 fully saturated rings. The lowest BCUT2D eigenvalue weighted by atomic mass is 9.68. The van der Waals surface area contributed by atoms with E-state index in [-0.39, 0.29) is 21.8 Å². The summed E-state index contributed by atoms with van der Waals surface area (Å²) in [6.07, 6.45) is 2.27. The summed E-state index contributed by atoms with van der Waals surface area (Å²) in [5, 5.41) is 10.7. The number of hydrogen-bond donors (Lipinski definition) is 1. The van der Waals surface area contributed by atoms with Gasteiger partial charge >= 0.3 is 0 Å². The minimum atomic E-state index is -2.52. The second-order valence-corrected chi connectivity index (χ2v) is 9.18. The lowest BCUT2D eigenvalue weighted by molar-refractivity contribution is -0.122. The van der Waals surface area contributed by atoms with Gasteiger partial charge in [0.15, 0.2) is 33.0 Å². The largest absolute Gasteiger partial charge is 0.507 e. The predicted octanol–water partition coefficient (Wildman–Crippen LogP) is 5.52. The first-order valence-electron chi connectivity index (χ1n) is 9.73. The van der Waals surface area contributed by atoms with Crippen LogP contribution in [0.25, 0.3) is 0 Å². The van der Waals surface area contributed by atoms with E-state index in [1.165, 1.54) is 24.3 Å². The highest BCUT2D eigenvalue weighted by atomic mass is 35.5. The fourth-order valence-electron chi connectivity index (χ4n) is 4.45. The number of carbonyl (C=O) groups excluding carboxylic acids is 2. The second kappa shape index (κ2) is 7.81. The van der Waals surface area contributed by atoms with Crippen molar-refractivity contribution in [2.75, 3.05) is 4.90 Å². The molecule has 0 unspecified atom stereocenters. The molecule has 1 saturated heterocycles. The van der Waals surface area contributed by atoms with Crippen LogP contribution in [0.2, 0.25) is 0 Å². The van der Waals surface area contributed by atoms with E-state index in [1.54, 1.807) is 13.0 Å². The molecule has 178 valence electrons. The summed E-state index contributed by atoms with van der Waals surface area (Å²) in [4.78, 5) is 21.8. The van der Waals surface area contributed by atoms with E-state index >= 15 is 0 Å². The molecule has 11 heteroatoms. The van der Waals surface area contributed by atoms with Gasteiger partial charge in [0.25, 0.3) is 11.8 Å². The Balaban J connectivity index is 2.02. The summed E-state index contributed by atoms with van der Waals surface area (Å²) in [7, 11) is 0. The molecule has 3 atom stereocenters. The number of benzene rings is 2. The molecule has 1 aliphatic heterocycles. The molecule has 2 aromatic rings. The number of allylic oxidation sites excluding steroid dienone is 3. The van der Waals surface area contributed by atoms with E-state index in [9.17, 15) is 36.6 Å². The molecule has 0 bridgehead atoms. The number of carbonyl (C=O) groups is 2. The Bertz CT molecular complexity index is 1300. The monoisotopic (exact) mass is 517 g/mol. The topological polar surface area (TPSA) is 57.6 Å². The Hall–Kier alpha value is -2.91. The van der Waals surface area contributed by atoms with Gasteiger partial charge in [0.05, 0.1) is 0 Å². The van der Waals surface area contributed by atoms with Gasteiger partial charge in [-0.05, 0) is 24.5 Å². The number of aromatic hydroxyl groups is 1. The third kappa shape index (κ3) is 2.83. The lowest BCUT2D eigenvalue weighted by Gasteiger charge is -2.42. The van der Waals surface area contributed by atoms with E-state index in [0.29, 0.717) is 5.56 Å². The van der Waals surface area contributed by atoms with Crippen molar-refractivity contribution in [3.8, 4) is 5.75 Å². The second-order valence-electron chi connectivity index (χ2n) is 7.94. The number of halogens is 7. The van der Waals surface area contributed by atoms with Crippen molar-refractivity contribution in [3.63, 3.8) is 0 Å². The van der Waals surface area contributed by atoms with Gasteiger partial charge in [-0.15, -0.1) is 23.2 Å². The number of aryl methyl sites for hydroxylation is 1. The average Bonchev–Trinajstić information content (AvgIpc) is 2.96. The first kappa shape index (κ1) is 24.2. The van der Waals surface area contributed by atoms with Crippen LogP contribution < -0.4 is 4.90 Å². The Labute approximate surface area is 199 Å². The fraction of sp³-hybridized carbons (Fsp3) is 0.217. The molecule has 2 aromatic carbocycles. The van der Waals surface area contributed by atoms with Gasteiger partial charge in [-0.1, -0.05) is 36.9 Å². The Morgan fingerprint density at radius 1 is 1.03 bits per heavy atom. The number of fused-ring (bicyclic) bond motifs is 1. The van der Waals surface area contributed by atoms with Gasteiger partial charge < -0.3 is 5.11 Å². The number of nitrogens with zero attached hydrogens (tertiary/aromatic N) is 1. The first-order chi connectivity index (χ1) is 15.8. The van der Waals surface area contributed by atoms with E-state index in [4.69, 9.17) is 23.2 Å². The maximum absolute atomic E-state index is 14.6. The molecule has 1 heterocycles. The van der Waals surface area contributed by atoms with Gasteiger partial charge in [-0.3, -0.25) is 9.59 Å². The molecule has 4 nitrogen and oxygen atoms in total. The summed E-state index contributed by atoms with van der Waals surface area (Å²) >= 11 is 13.3. The number of phenolic OH excluding ortho intramolecular Hbond substituents is 1. The van der Waals surface area contributed by atoms with E-state index in [1.807, 2.05) is 0 Å². The summed E-state index contributed by atoms with van der Waals surface area (Å²) in [6, 6.07) is 4.48. The molecular weight excluding hydrogens is 504 g/mol. The fourth-order valence-corrected chi connectivity index (χ4v) is 5.29. The Kier molecular flexibility index (Phi) is 5.57. The van der Waals surface area contributed by atoms with Crippen molar-refractivity contribution < 1.29 is 36.6 Å². The van der Waals surface area contributed by atoms with Crippen LogP contribution >= 0.6 is 23.2 Å². The number of imide groups is 1. The third-order valence-corrected chi connectivity index (χ3v) is 7.62. The quantitative estimate of drug-likeness (QED) is 0.191. The highest BCUT2D eigenvalue weighted by Gasteiger charge is 2.74. The van der Waals surface area contributed by atoms with Gasteiger partial charge in [-0.2, -0.15) is 0 Å². The van der Waals surface area contributed by atoms with E-state index < -0.39 is 68.7 Å². The van der Waals surface area contributed by atoms with Crippen molar-refractivity contribution >= 4 is 40.7 Å². The molecular formula is C23H14Cl2F5NO3. The highest BCUT2D eigenvalue weighted by molar-refractivity contribution is 6.58. The van der Waals surface area contributed by atoms with Crippen LogP contribution in [0, 0.1) is 36.0 Å². The molecule has 4 rings (SSSR count). The Morgan fingerprint density at radius 3 is 2.15 bits per heavy atom. The van der Waals surface area contributed by atoms with Crippen LogP contribution in [-0.4, -0.2) is 26.7 Å². The van der Waals surface area contributed by atoms with Crippen molar-refractivity contribution in [2.24, 2.45) is 0 Å². The summed E-state index contributed by atoms with van der Waals surface area (Å²) in [5.74, 6) is -16.6. The number of phenols is 1. The maximum Gasteiger partial charge on any atom is 0.258 e. The van der Waals surface area contributed by atoms with E-state index in [2.05, 4.69) is 6.58 Å². The molecule has 2 amide bonds. The smallest absolute Gasteiger partial charge is 0.258 e. The number of amides is 2. The number of alkyl halides is 2. The zero-order valence-corrected chi connectivity index (χ0v) is 18.7. The molecule has 34 heavy (non-hydrogen) atoms. The Morgan fingerprint density at radius 2 is 1.59 bits per heavy atom. The minimum absolute atomic E-state index is 0.0475. The van der Waals surface area contributed by atoms with Crippen molar-refractivity contribution in [2.45, 2.75) is 29.0 Å². The van der Waals surface area contributed by atoms with Crippen LogP contribution in [0.3, 0.4) is 0 Å². The molecule has 0 aromatic heterocycles. The van der Waals surface area contributed by atoms with Crippen LogP contribution in [-0.2, 0) is 9.59 Å². The molecule has 0 radical (unpaired) electrons. The van der Waals surface area contributed by atoms with Gasteiger partial charge in [-0.25, -0.2) is 26.9 Å². The van der Waals surface area contributed by atoms with Crippen molar-refractivity contribution in [3.05, 3.63) is 82.7 Å². The van der Waals surface area contributed by atoms with Gasteiger partial charge in [0, 0.05) is 11.5 Å². The molecule has 0 spiro atoms.